The van der Waals surface area contributed by atoms with Gasteiger partial charge in [-0.1, -0.05) is 133 Å². The molecule has 0 fully saturated rings. The maximum Gasteiger partial charge on any atom is 0.408 e. The molecule has 1 aromatic heterocycles. The molecule has 0 unspecified atom stereocenters. The molecular formula is C72H92N5O16+. The second kappa shape index (κ2) is 36.0. The van der Waals surface area contributed by atoms with Crippen LogP contribution in [0.1, 0.15) is 161 Å². The molecule has 1 heterocycles. The zero-order valence-corrected chi connectivity index (χ0v) is 55.7. The van der Waals surface area contributed by atoms with Crippen molar-refractivity contribution in [2.75, 3.05) is 0 Å². The van der Waals surface area contributed by atoms with E-state index >= 15 is 0 Å². The van der Waals surface area contributed by atoms with E-state index in [-0.39, 0.29) is 65.0 Å². The van der Waals surface area contributed by atoms with Gasteiger partial charge in [0.25, 0.3) is 0 Å². The first-order valence-electron chi connectivity index (χ1n) is 31.2. The van der Waals surface area contributed by atoms with Crippen molar-refractivity contribution in [1.82, 2.24) is 21.3 Å². The smallest absolute Gasteiger partial charge is 0.408 e. The van der Waals surface area contributed by atoms with Crippen molar-refractivity contribution in [3.63, 3.8) is 0 Å². The van der Waals surface area contributed by atoms with E-state index in [1.54, 1.807) is 156 Å². The molecule has 0 spiro atoms. The van der Waals surface area contributed by atoms with Crippen molar-refractivity contribution >= 4 is 48.3 Å². The largest absolute Gasteiger partial charge is 0.459 e. The minimum Gasteiger partial charge on any atom is -0.459 e. The van der Waals surface area contributed by atoms with Crippen LogP contribution in [-0.4, -0.2) is 94.8 Å². The first-order valence-corrected chi connectivity index (χ1v) is 31.2. The molecule has 93 heavy (non-hydrogen) atoms. The Bertz CT molecular complexity index is 3190. The van der Waals surface area contributed by atoms with Crippen molar-refractivity contribution < 1.29 is 80.8 Å². The molecule has 0 aliphatic carbocycles. The second-order valence-corrected chi connectivity index (χ2v) is 26.2. The summed E-state index contributed by atoms with van der Waals surface area (Å²) in [5.41, 5.74) is 0.618. The Morgan fingerprint density at radius 2 is 0.667 bits per heavy atom. The number of aryl methyl sites for hydroxylation is 3. The molecule has 0 aliphatic heterocycles. The van der Waals surface area contributed by atoms with Gasteiger partial charge in [0.05, 0.1) is 0 Å². The molecule has 0 saturated heterocycles. The van der Waals surface area contributed by atoms with E-state index in [1.165, 1.54) is 0 Å². The molecule has 0 saturated carbocycles. The van der Waals surface area contributed by atoms with Crippen LogP contribution in [0.2, 0.25) is 0 Å². The fraction of sp³-hybridized carbons (Fsp3) is 0.458. The molecule has 4 amide bonds. The Morgan fingerprint density at radius 1 is 0.387 bits per heavy atom. The maximum atomic E-state index is 14.2. The molecule has 4 aromatic carbocycles. The normalized spacial score (nSPS) is 12.7. The van der Waals surface area contributed by atoms with Gasteiger partial charge in [-0.3, -0.25) is 0 Å². The molecule has 500 valence electrons. The summed E-state index contributed by atoms with van der Waals surface area (Å²) in [6.07, 6.45) is 0.748. The zero-order valence-electron chi connectivity index (χ0n) is 55.7. The molecule has 0 radical (unpaired) electrons. The van der Waals surface area contributed by atoms with Crippen molar-refractivity contribution in [3.8, 4) is 11.8 Å². The van der Waals surface area contributed by atoms with Gasteiger partial charge in [0.2, 0.25) is 0 Å². The first-order chi connectivity index (χ1) is 43.9. The SMILES string of the molecule is CC(C)(C)OC(=O)N[C@@H](CC#Cc1c(CC[C@H](NC(=O)OC(C)(C)C)C(=O)OCc2ccccc2)c[n+](CCCC[C@H](NC(=O)OC(C)(C)C)C(=O)OCc2ccccc2)cc1CC[C@H](NC(=O)OC(C)(C)C)C(=O)OCc1ccccc1)C(=O)OCc1ccccc1. The lowest BCUT2D eigenvalue weighted by Gasteiger charge is -2.23. The molecular weight excluding hydrogens is 1190 g/mol. The average molecular weight is 1280 g/mol. The van der Waals surface area contributed by atoms with E-state index in [2.05, 4.69) is 33.1 Å². The minimum atomic E-state index is -1.34. The fourth-order valence-electron chi connectivity index (χ4n) is 8.98. The number of nitrogens with zero attached hydrogens (tertiary/aromatic N) is 1. The average Bonchev–Trinajstić information content (AvgIpc) is 0.884. The maximum absolute atomic E-state index is 14.2. The van der Waals surface area contributed by atoms with Crippen LogP contribution in [-0.2, 0) is 103 Å². The number of carbonyl (C=O) groups is 8. The summed E-state index contributed by atoms with van der Waals surface area (Å²) in [5.74, 6) is 3.40. The number of esters is 4. The van der Waals surface area contributed by atoms with Gasteiger partial charge < -0.3 is 59.2 Å². The third kappa shape index (κ3) is 30.0. The van der Waals surface area contributed by atoms with Gasteiger partial charge in [-0.05, 0) is 144 Å². The third-order valence-electron chi connectivity index (χ3n) is 13.2. The predicted octanol–water partition coefficient (Wildman–Crippen LogP) is 11.3. The second-order valence-electron chi connectivity index (χ2n) is 26.2. The molecule has 0 aliphatic rings. The Morgan fingerprint density at radius 3 is 0.968 bits per heavy atom. The van der Waals surface area contributed by atoms with Crippen LogP contribution in [0.25, 0.3) is 0 Å². The topological polar surface area (TPSA) is 262 Å². The number of hydrogen-bond donors (Lipinski definition) is 4. The van der Waals surface area contributed by atoms with Gasteiger partial charge in [0, 0.05) is 29.5 Å². The summed E-state index contributed by atoms with van der Waals surface area (Å²) in [6.45, 7) is 20.2. The van der Waals surface area contributed by atoms with Crippen LogP contribution in [0, 0.1) is 11.8 Å². The Labute approximate surface area is 546 Å². The van der Waals surface area contributed by atoms with Crippen molar-refractivity contribution in [2.45, 2.75) is 214 Å². The van der Waals surface area contributed by atoms with E-state index in [1.807, 2.05) is 65.5 Å². The van der Waals surface area contributed by atoms with Gasteiger partial charge in [-0.25, -0.2) is 42.9 Å². The monoisotopic (exact) mass is 1280 g/mol. The highest BCUT2D eigenvalue weighted by atomic mass is 16.6. The number of pyridine rings is 1. The van der Waals surface area contributed by atoms with Crippen LogP contribution in [0.5, 0.6) is 0 Å². The first kappa shape index (κ1) is 74.3. The number of benzene rings is 4. The van der Waals surface area contributed by atoms with E-state index in [9.17, 15) is 38.4 Å². The summed E-state index contributed by atoms with van der Waals surface area (Å²) in [7, 11) is 0. The van der Waals surface area contributed by atoms with Crippen molar-refractivity contribution in [2.24, 2.45) is 0 Å². The van der Waals surface area contributed by atoms with E-state index in [0.717, 1.165) is 5.56 Å². The number of ether oxygens (including phenoxy) is 8. The number of nitrogens with one attached hydrogen (secondary N) is 4. The van der Waals surface area contributed by atoms with Gasteiger partial charge in [0.1, 0.15) is 79.5 Å². The number of alkyl carbamates (subject to hydrolysis) is 4. The minimum absolute atomic E-state index is 0.0279. The fourth-order valence-corrected chi connectivity index (χ4v) is 8.98. The number of rotatable bonds is 28. The van der Waals surface area contributed by atoms with Crippen LogP contribution in [0.3, 0.4) is 0 Å². The summed E-state index contributed by atoms with van der Waals surface area (Å²) in [5, 5.41) is 10.7. The highest BCUT2D eigenvalue weighted by Crippen LogP contribution is 2.21. The van der Waals surface area contributed by atoms with Gasteiger partial charge in [0.15, 0.2) is 12.4 Å². The van der Waals surface area contributed by atoms with E-state index < -0.39 is 94.8 Å². The van der Waals surface area contributed by atoms with E-state index in [0.29, 0.717) is 52.8 Å². The molecule has 5 rings (SSSR count). The standard InChI is InChI=1S/C72H91N5O16/c1-69(2,3)90-65(82)73-57(61(78)86-46-50-28-17-13-18-29-50)37-25-26-43-77-44-54(39-41-59(75-67(84)92-71(7,8)9)63(80)88-48-52-32-21-15-22-33-52)56(36-27-38-58(74-66(83)91-70(4,5)6)62(79)87-47-51-30-19-14-20-31-51)55(45-77)40-42-60(76-68(85)93-72(10,11)12)64(81)89-49-53-34-23-16-24-35-53/h13-24,28-35,44-45,57-60H,25-26,37-43,46-49H2,1-12H3,(H3-,73,74,75,76,82,83,84,85)/p+1/t57-,58-,59-,60-/m0/s1. The van der Waals surface area contributed by atoms with Gasteiger partial charge >= 0.3 is 48.3 Å². The molecule has 5 aromatic rings. The number of aromatic nitrogens is 1. The summed E-state index contributed by atoms with van der Waals surface area (Å²) >= 11 is 0. The molecule has 4 N–H and O–H groups in total. The number of carbonyl (C=O) groups excluding carboxylic acids is 8. The number of hydrogen-bond acceptors (Lipinski definition) is 16. The Balaban J connectivity index is 1.63. The predicted molar refractivity (Wildman–Crippen MR) is 346 cm³/mol. The highest BCUT2D eigenvalue weighted by Gasteiger charge is 2.32. The summed E-state index contributed by atoms with van der Waals surface area (Å²) < 4.78 is 47.2. The van der Waals surface area contributed by atoms with Crippen molar-refractivity contribution in [1.29, 1.82) is 0 Å². The van der Waals surface area contributed by atoms with Gasteiger partial charge in [-0.2, -0.15) is 0 Å². The highest BCUT2D eigenvalue weighted by molar-refractivity contribution is 5.84. The van der Waals surface area contributed by atoms with Crippen LogP contribution < -0.4 is 25.8 Å². The van der Waals surface area contributed by atoms with Crippen LogP contribution in [0.4, 0.5) is 19.2 Å². The number of unbranched alkanes of at least 4 members (excludes halogenated alkanes) is 1. The van der Waals surface area contributed by atoms with Crippen LogP contribution >= 0.6 is 0 Å². The molecule has 21 nitrogen and oxygen atoms in total. The lowest BCUT2D eigenvalue weighted by Crippen LogP contribution is -2.45. The third-order valence-corrected chi connectivity index (χ3v) is 13.2. The Kier molecular flexibility index (Phi) is 28.7. The molecule has 21 heteroatoms. The lowest BCUT2D eigenvalue weighted by molar-refractivity contribution is -0.698. The Hall–Kier alpha value is -9.45. The van der Waals surface area contributed by atoms with E-state index in [4.69, 9.17) is 37.9 Å². The number of amides is 4. The zero-order chi connectivity index (χ0) is 68.2. The quantitative estimate of drug-likeness (QED) is 0.0119. The van der Waals surface area contributed by atoms with Crippen LogP contribution in [0.15, 0.2) is 134 Å². The van der Waals surface area contributed by atoms with Crippen molar-refractivity contribution in [3.05, 3.63) is 173 Å². The summed E-state index contributed by atoms with van der Waals surface area (Å²) in [6, 6.07) is 31.2. The van der Waals surface area contributed by atoms with Gasteiger partial charge in [-0.15, -0.1) is 0 Å². The molecule has 4 atom stereocenters. The summed E-state index contributed by atoms with van der Waals surface area (Å²) in [4.78, 5) is 110. The lowest BCUT2D eigenvalue weighted by atomic mass is 9.94. The molecule has 0 bridgehead atoms.